The minimum Gasteiger partial charge on any atom is -0.390 e. The van der Waals surface area contributed by atoms with Crippen molar-refractivity contribution in [1.29, 1.82) is 0 Å². The van der Waals surface area contributed by atoms with Gasteiger partial charge in [0.1, 0.15) is 5.60 Å². The van der Waals surface area contributed by atoms with E-state index in [9.17, 15) is 15.0 Å². The fourth-order valence-corrected chi connectivity index (χ4v) is 1.26. The van der Waals surface area contributed by atoms with Gasteiger partial charge in [0.2, 0.25) is 0 Å². The Morgan fingerprint density at radius 3 is 2.56 bits per heavy atom. The number of hydrogen-bond acceptors (Lipinski definition) is 5. The van der Waals surface area contributed by atoms with E-state index in [0.29, 0.717) is 18.4 Å². The topological polar surface area (TPSA) is 76.0 Å². The van der Waals surface area contributed by atoms with Crippen molar-refractivity contribution in [2.75, 3.05) is 0 Å². The third kappa shape index (κ3) is 3.92. The molecular formula is C11H18O5. The average Bonchev–Trinajstić information content (AvgIpc) is 2.17. The largest absolute Gasteiger partial charge is 0.390 e. The lowest BCUT2D eigenvalue weighted by molar-refractivity contribution is -0.317. The van der Waals surface area contributed by atoms with Crippen LogP contribution in [-0.4, -0.2) is 34.0 Å². The van der Waals surface area contributed by atoms with E-state index in [-0.39, 0.29) is 0 Å². The van der Waals surface area contributed by atoms with Gasteiger partial charge in [0, 0.05) is 5.57 Å². The first-order chi connectivity index (χ1) is 7.29. The van der Waals surface area contributed by atoms with Crippen molar-refractivity contribution in [1.82, 2.24) is 0 Å². The molecule has 0 saturated carbocycles. The molecule has 1 aliphatic carbocycles. The summed E-state index contributed by atoms with van der Waals surface area (Å²) in [5, 5.41) is 18.6. The van der Waals surface area contributed by atoms with Gasteiger partial charge in [-0.1, -0.05) is 0 Å². The molecule has 5 nitrogen and oxygen atoms in total. The minimum atomic E-state index is -1.01. The molecule has 0 radical (unpaired) electrons. The van der Waals surface area contributed by atoms with Gasteiger partial charge in [-0.2, -0.15) is 4.89 Å². The Balaban J connectivity index is 2.52. The van der Waals surface area contributed by atoms with Crippen molar-refractivity contribution in [3.8, 4) is 0 Å². The third-order valence-electron chi connectivity index (χ3n) is 2.11. The molecule has 16 heavy (non-hydrogen) atoms. The van der Waals surface area contributed by atoms with Crippen LogP contribution >= 0.6 is 0 Å². The van der Waals surface area contributed by atoms with Crippen molar-refractivity contribution < 1.29 is 24.8 Å². The highest BCUT2D eigenvalue weighted by molar-refractivity contribution is 5.88. The van der Waals surface area contributed by atoms with Crippen LogP contribution in [0.1, 0.15) is 33.6 Å². The van der Waals surface area contributed by atoms with E-state index in [1.54, 1.807) is 20.8 Å². The fourth-order valence-electron chi connectivity index (χ4n) is 1.26. The molecule has 0 bridgehead atoms. The van der Waals surface area contributed by atoms with Gasteiger partial charge in [-0.25, -0.2) is 4.79 Å². The van der Waals surface area contributed by atoms with Crippen LogP contribution in [0.5, 0.6) is 0 Å². The number of carbonyl (C=O) groups is 1. The summed E-state index contributed by atoms with van der Waals surface area (Å²) in [5.41, 5.74) is -0.231. The summed E-state index contributed by atoms with van der Waals surface area (Å²) in [4.78, 5) is 21.0. The maximum atomic E-state index is 11.5. The molecular weight excluding hydrogens is 212 g/mol. The second-order valence-corrected chi connectivity index (χ2v) is 4.86. The van der Waals surface area contributed by atoms with E-state index >= 15 is 0 Å². The zero-order chi connectivity index (χ0) is 12.3. The molecule has 1 aliphatic rings. The first-order valence-electron chi connectivity index (χ1n) is 5.26. The normalized spacial score (nSPS) is 26.2. The molecule has 0 spiro atoms. The Morgan fingerprint density at radius 1 is 1.44 bits per heavy atom. The molecule has 0 aromatic carbocycles. The molecule has 2 atom stereocenters. The van der Waals surface area contributed by atoms with Gasteiger partial charge in [-0.05, 0) is 39.7 Å². The highest BCUT2D eigenvalue weighted by Crippen LogP contribution is 2.20. The van der Waals surface area contributed by atoms with Gasteiger partial charge < -0.3 is 10.2 Å². The average molecular weight is 230 g/mol. The first-order valence-corrected chi connectivity index (χ1v) is 5.26. The second-order valence-electron chi connectivity index (χ2n) is 4.86. The van der Waals surface area contributed by atoms with Gasteiger partial charge in [0.25, 0.3) is 0 Å². The molecule has 2 N–H and O–H groups in total. The standard InChI is InChI=1S/C11H18O5/c1-11(2,3)16-15-10(14)7-4-5-8(12)9(13)6-7/h6,8-9,12-13H,4-5H2,1-3H3. The summed E-state index contributed by atoms with van der Waals surface area (Å²) in [7, 11) is 0. The Hall–Kier alpha value is -0.910. The van der Waals surface area contributed by atoms with Crippen molar-refractivity contribution in [3.63, 3.8) is 0 Å². The molecule has 92 valence electrons. The van der Waals surface area contributed by atoms with Crippen LogP contribution in [0.2, 0.25) is 0 Å². The molecule has 0 aliphatic heterocycles. The number of carbonyl (C=O) groups excluding carboxylic acids is 1. The van der Waals surface area contributed by atoms with Gasteiger partial charge in [0.05, 0.1) is 12.2 Å². The summed E-state index contributed by atoms with van der Waals surface area (Å²) < 4.78 is 0. The zero-order valence-electron chi connectivity index (χ0n) is 9.77. The molecule has 0 aromatic heterocycles. The van der Waals surface area contributed by atoms with E-state index in [0.717, 1.165) is 0 Å². The van der Waals surface area contributed by atoms with Gasteiger partial charge in [-0.3, -0.25) is 4.89 Å². The molecule has 1 rings (SSSR count). The number of hydrogen-bond donors (Lipinski definition) is 2. The fraction of sp³-hybridized carbons (Fsp3) is 0.727. The Morgan fingerprint density at radius 2 is 2.06 bits per heavy atom. The van der Waals surface area contributed by atoms with E-state index in [4.69, 9.17) is 4.89 Å². The van der Waals surface area contributed by atoms with Crippen LogP contribution in [0.3, 0.4) is 0 Å². The monoisotopic (exact) mass is 230 g/mol. The van der Waals surface area contributed by atoms with Crippen LogP contribution in [0.25, 0.3) is 0 Å². The molecule has 0 aromatic rings. The Kier molecular flexibility index (Phi) is 4.07. The van der Waals surface area contributed by atoms with E-state index < -0.39 is 23.8 Å². The highest BCUT2D eigenvalue weighted by atomic mass is 17.2. The van der Waals surface area contributed by atoms with E-state index in [1.165, 1.54) is 6.08 Å². The van der Waals surface area contributed by atoms with Crippen LogP contribution in [0.15, 0.2) is 11.6 Å². The van der Waals surface area contributed by atoms with Crippen LogP contribution in [0.4, 0.5) is 0 Å². The lowest BCUT2D eigenvalue weighted by atomic mass is 9.95. The third-order valence-corrected chi connectivity index (χ3v) is 2.11. The SMILES string of the molecule is CC(C)(C)OOC(=O)C1=CC(O)C(O)CC1. The van der Waals surface area contributed by atoms with Gasteiger partial charge in [0.15, 0.2) is 0 Å². The smallest absolute Gasteiger partial charge is 0.368 e. The number of aliphatic hydroxyl groups excluding tert-OH is 2. The first kappa shape index (κ1) is 13.2. The summed E-state index contributed by atoms with van der Waals surface area (Å²) >= 11 is 0. The van der Waals surface area contributed by atoms with Crippen molar-refractivity contribution in [2.24, 2.45) is 0 Å². The van der Waals surface area contributed by atoms with Crippen LogP contribution in [0, 0.1) is 0 Å². The molecule has 5 heteroatoms. The molecule has 0 heterocycles. The predicted octanol–water partition coefficient (Wildman–Crippen LogP) is 0.702. The molecule has 2 unspecified atom stereocenters. The lowest BCUT2D eigenvalue weighted by Gasteiger charge is -2.22. The van der Waals surface area contributed by atoms with Gasteiger partial charge in [-0.15, -0.1) is 0 Å². The second kappa shape index (κ2) is 4.95. The quantitative estimate of drug-likeness (QED) is 0.539. The maximum absolute atomic E-state index is 11.5. The van der Waals surface area contributed by atoms with Gasteiger partial charge >= 0.3 is 5.97 Å². The predicted molar refractivity (Wildman–Crippen MR) is 56.3 cm³/mol. The van der Waals surface area contributed by atoms with Crippen molar-refractivity contribution in [2.45, 2.75) is 51.4 Å². The van der Waals surface area contributed by atoms with E-state index in [1.807, 2.05) is 0 Å². The molecule has 0 amide bonds. The van der Waals surface area contributed by atoms with Crippen molar-refractivity contribution >= 4 is 5.97 Å². The highest BCUT2D eigenvalue weighted by Gasteiger charge is 2.26. The summed E-state index contributed by atoms with van der Waals surface area (Å²) in [6, 6.07) is 0. The van der Waals surface area contributed by atoms with Crippen LogP contribution in [-0.2, 0) is 14.6 Å². The number of rotatable bonds is 2. The zero-order valence-corrected chi connectivity index (χ0v) is 9.77. The Bertz CT molecular complexity index is 289. The van der Waals surface area contributed by atoms with Crippen LogP contribution < -0.4 is 0 Å². The lowest BCUT2D eigenvalue weighted by Crippen LogP contribution is -2.30. The minimum absolute atomic E-state index is 0.335. The summed E-state index contributed by atoms with van der Waals surface area (Å²) in [6.45, 7) is 5.27. The Labute approximate surface area is 94.6 Å². The number of aliphatic hydroxyl groups is 2. The summed E-state index contributed by atoms with van der Waals surface area (Å²) in [5.74, 6) is -0.610. The van der Waals surface area contributed by atoms with Crippen molar-refractivity contribution in [3.05, 3.63) is 11.6 Å². The summed E-state index contributed by atoms with van der Waals surface area (Å²) in [6.07, 6.45) is 0.219. The molecule has 0 saturated heterocycles. The maximum Gasteiger partial charge on any atom is 0.368 e. The van der Waals surface area contributed by atoms with E-state index in [2.05, 4.69) is 4.89 Å². The molecule has 0 fully saturated rings.